The zero-order valence-corrected chi connectivity index (χ0v) is 24.1. The molecule has 3 unspecified atom stereocenters. The quantitative estimate of drug-likeness (QED) is 0.333. The number of carbonyl (C=O) groups is 1. The number of likely N-dealkylation sites (tertiary alicyclic amines) is 1. The minimum atomic E-state index is -0.162. The standard InChI is InChI=1S/C33H49N3O2/c1-5-18-36(33(37)38-25-27-12-8-6-9-13-27)30-16-19-35(20-17-30)24-29-21-31(34(4)23-26(2)3)22-32(29)28-14-10-7-11-15-28/h6-15,26,29-32H,5,16-25H2,1-4H3. The van der Waals surface area contributed by atoms with E-state index in [0.29, 0.717) is 30.4 Å². The fourth-order valence-electron chi connectivity index (χ4n) is 6.70. The molecular formula is C33H49N3O2. The molecule has 2 aromatic rings. The molecule has 0 bridgehead atoms. The summed E-state index contributed by atoms with van der Waals surface area (Å²) in [5, 5.41) is 0. The average Bonchev–Trinajstić information content (AvgIpc) is 3.35. The van der Waals surface area contributed by atoms with Gasteiger partial charge in [0, 0.05) is 44.8 Å². The van der Waals surface area contributed by atoms with Gasteiger partial charge in [-0.1, -0.05) is 81.4 Å². The number of rotatable bonds is 11. The van der Waals surface area contributed by atoms with Crippen LogP contribution in [-0.4, -0.2) is 72.6 Å². The predicted octanol–water partition coefficient (Wildman–Crippen LogP) is 6.65. The highest BCUT2D eigenvalue weighted by atomic mass is 16.6. The summed E-state index contributed by atoms with van der Waals surface area (Å²) in [6, 6.07) is 22.1. The molecule has 1 aliphatic heterocycles. The highest BCUT2D eigenvalue weighted by molar-refractivity contribution is 5.68. The van der Waals surface area contributed by atoms with Crippen LogP contribution >= 0.6 is 0 Å². The van der Waals surface area contributed by atoms with E-state index in [1.54, 1.807) is 0 Å². The van der Waals surface area contributed by atoms with Crippen molar-refractivity contribution in [2.75, 3.05) is 39.8 Å². The van der Waals surface area contributed by atoms with Crippen LogP contribution < -0.4 is 0 Å². The maximum atomic E-state index is 13.0. The molecule has 0 aromatic heterocycles. The summed E-state index contributed by atoms with van der Waals surface area (Å²) in [6.07, 6.45) is 5.37. The number of nitrogens with zero attached hydrogens (tertiary/aromatic N) is 3. The lowest BCUT2D eigenvalue weighted by atomic mass is 9.88. The molecule has 1 saturated carbocycles. The molecule has 1 saturated heterocycles. The van der Waals surface area contributed by atoms with Gasteiger partial charge in [-0.25, -0.2) is 4.79 Å². The van der Waals surface area contributed by atoms with E-state index in [1.165, 1.54) is 18.4 Å². The van der Waals surface area contributed by atoms with Crippen molar-refractivity contribution < 1.29 is 9.53 Å². The predicted molar refractivity (Wildman–Crippen MR) is 156 cm³/mol. The van der Waals surface area contributed by atoms with Gasteiger partial charge in [-0.2, -0.15) is 0 Å². The van der Waals surface area contributed by atoms with E-state index in [2.05, 4.69) is 68.0 Å². The lowest BCUT2D eigenvalue weighted by molar-refractivity contribution is 0.0576. The van der Waals surface area contributed by atoms with Gasteiger partial charge in [0.2, 0.25) is 0 Å². The second kappa shape index (κ2) is 14.1. The summed E-state index contributed by atoms with van der Waals surface area (Å²) in [4.78, 5) is 20.3. The molecule has 208 valence electrons. The number of hydrogen-bond donors (Lipinski definition) is 0. The monoisotopic (exact) mass is 519 g/mol. The third kappa shape index (κ3) is 7.83. The van der Waals surface area contributed by atoms with E-state index in [0.717, 1.165) is 57.5 Å². The molecule has 5 nitrogen and oxygen atoms in total. The van der Waals surface area contributed by atoms with Crippen LogP contribution in [0.5, 0.6) is 0 Å². The van der Waals surface area contributed by atoms with Crippen molar-refractivity contribution in [3.05, 3.63) is 71.8 Å². The van der Waals surface area contributed by atoms with E-state index < -0.39 is 0 Å². The minimum absolute atomic E-state index is 0.162. The van der Waals surface area contributed by atoms with Crippen LogP contribution in [0.25, 0.3) is 0 Å². The molecule has 2 fully saturated rings. The number of amides is 1. The molecule has 0 N–H and O–H groups in total. The van der Waals surface area contributed by atoms with E-state index in [-0.39, 0.29) is 12.1 Å². The molecule has 1 heterocycles. The first kappa shape index (κ1) is 28.6. The summed E-state index contributed by atoms with van der Waals surface area (Å²) in [6.45, 7) is 12.3. The highest BCUT2D eigenvalue weighted by Crippen LogP contribution is 2.42. The van der Waals surface area contributed by atoms with E-state index in [9.17, 15) is 4.79 Å². The first-order valence-electron chi connectivity index (χ1n) is 14.9. The fourth-order valence-corrected chi connectivity index (χ4v) is 6.70. The van der Waals surface area contributed by atoms with Crippen molar-refractivity contribution in [2.45, 2.75) is 77.5 Å². The molecule has 4 rings (SSSR count). The second-order valence-electron chi connectivity index (χ2n) is 12.0. The van der Waals surface area contributed by atoms with Gasteiger partial charge in [0.1, 0.15) is 6.61 Å². The Morgan fingerprint density at radius 1 is 0.974 bits per heavy atom. The Morgan fingerprint density at radius 3 is 2.26 bits per heavy atom. The van der Waals surface area contributed by atoms with Gasteiger partial charge < -0.3 is 19.4 Å². The highest BCUT2D eigenvalue weighted by Gasteiger charge is 2.38. The Balaban J connectivity index is 1.33. The lowest BCUT2D eigenvalue weighted by Gasteiger charge is -2.39. The zero-order chi connectivity index (χ0) is 26.9. The molecular weight excluding hydrogens is 470 g/mol. The van der Waals surface area contributed by atoms with Gasteiger partial charge in [0.15, 0.2) is 0 Å². The first-order chi connectivity index (χ1) is 18.4. The largest absolute Gasteiger partial charge is 0.445 e. The van der Waals surface area contributed by atoms with Gasteiger partial charge in [0.05, 0.1) is 0 Å². The molecule has 5 heteroatoms. The number of hydrogen-bond acceptors (Lipinski definition) is 4. The van der Waals surface area contributed by atoms with Gasteiger partial charge in [0.25, 0.3) is 0 Å². The van der Waals surface area contributed by atoms with Crippen LogP contribution in [0, 0.1) is 11.8 Å². The van der Waals surface area contributed by atoms with Crippen LogP contribution in [0.4, 0.5) is 4.79 Å². The summed E-state index contributed by atoms with van der Waals surface area (Å²) in [5.41, 5.74) is 2.54. The topological polar surface area (TPSA) is 36.0 Å². The van der Waals surface area contributed by atoms with E-state index in [4.69, 9.17) is 4.74 Å². The Kier molecular flexibility index (Phi) is 10.7. The SMILES string of the molecule is CCCN(C(=O)OCc1ccccc1)C1CCN(CC2CC(N(C)CC(C)C)CC2c2ccccc2)CC1. The van der Waals surface area contributed by atoms with Crippen LogP contribution in [0.1, 0.15) is 69.9 Å². The molecule has 3 atom stereocenters. The van der Waals surface area contributed by atoms with Crippen LogP contribution in [0.3, 0.4) is 0 Å². The van der Waals surface area contributed by atoms with Crippen molar-refractivity contribution in [2.24, 2.45) is 11.8 Å². The molecule has 1 amide bonds. The van der Waals surface area contributed by atoms with Crippen LogP contribution in [0.2, 0.25) is 0 Å². The van der Waals surface area contributed by atoms with Crippen molar-refractivity contribution in [3.63, 3.8) is 0 Å². The Labute approximate surface area is 231 Å². The summed E-state index contributed by atoms with van der Waals surface area (Å²) >= 11 is 0. The number of carbonyl (C=O) groups excluding carboxylic acids is 1. The van der Waals surface area contributed by atoms with Gasteiger partial charge in [-0.15, -0.1) is 0 Å². The van der Waals surface area contributed by atoms with Crippen molar-refractivity contribution in [1.82, 2.24) is 14.7 Å². The van der Waals surface area contributed by atoms with E-state index >= 15 is 0 Å². The normalized spacial score (nSPS) is 22.7. The average molecular weight is 520 g/mol. The van der Waals surface area contributed by atoms with Gasteiger partial charge in [-0.3, -0.25) is 0 Å². The minimum Gasteiger partial charge on any atom is -0.445 e. The van der Waals surface area contributed by atoms with Crippen molar-refractivity contribution in [3.8, 4) is 0 Å². The first-order valence-corrected chi connectivity index (χ1v) is 14.9. The van der Waals surface area contributed by atoms with Gasteiger partial charge in [-0.05, 0) is 68.0 Å². The van der Waals surface area contributed by atoms with Crippen LogP contribution in [0.15, 0.2) is 60.7 Å². The molecule has 1 aliphatic carbocycles. The summed E-state index contributed by atoms with van der Waals surface area (Å²) in [5.74, 6) is 1.99. The van der Waals surface area contributed by atoms with E-state index in [1.807, 2.05) is 35.2 Å². The van der Waals surface area contributed by atoms with Gasteiger partial charge >= 0.3 is 6.09 Å². The fraction of sp³-hybridized carbons (Fsp3) is 0.606. The maximum absolute atomic E-state index is 13.0. The molecule has 0 spiro atoms. The Hall–Kier alpha value is -2.37. The lowest BCUT2D eigenvalue weighted by Crippen LogP contribution is -2.48. The maximum Gasteiger partial charge on any atom is 0.410 e. The van der Waals surface area contributed by atoms with Crippen molar-refractivity contribution in [1.29, 1.82) is 0 Å². The smallest absolute Gasteiger partial charge is 0.410 e. The number of piperidine rings is 1. The molecule has 2 aliphatic rings. The second-order valence-corrected chi connectivity index (χ2v) is 12.0. The third-order valence-corrected chi connectivity index (χ3v) is 8.57. The van der Waals surface area contributed by atoms with Crippen LogP contribution in [-0.2, 0) is 11.3 Å². The summed E-state index contributed by atoms with van der Waals surface area (Å²) < 4.78 is 5.72. The number of ether oxygens (including phenoxy) is 1. The Bertz CT molecular complexity index is 959. The molecule has 2 aromatic carbocycles. The zero-order valence-electron chi connectivity index (χ0n) is 24.1. The molecule has 38 heavy (non-hydrogen) atoms. The Morgan fingerprint density at radius 2 is 1.63 bits per heavy atom. The number of benzene rings is 2. The van der Waals surface area contributed by atoms with Crippen molar-refractivity contribution >= 4 is 6.09 Å². The molecule has 0 radical (unpaired) electrons. The third-order valence-electron chi connectivity index (χ3n) is 8.57. The summed E-state index contributed by atoms with van der Waals surface area (Å²) in [7, 11) is 2.32.